The van der Waals surface area contributed by atoms with Crippen LogP contribution < -0.4 is 14.8 Å². The summed E-state index contributed by atoms with van der Waals surface area (Å²) in [6, 6.07) is 8.80. The number of nitro groups is 1. The number of hydrogen-bond acceptors (Lipinski definition) is 7. The van der Waals surface area contributed by atoms with Crippen molar-refractivity contribution in [3.05, 3.63) is 70.2 Å². The van der Waals surface area contributed by atoms with Crippen molar-refractivity contribution in [2.45, 2.75) is 25.2 Å². The Morgan fingerprint density at radius 3 is 2.79 bits per heavy atom. The van der Waals surface area contributed by atoms with Gasteiger partial charge in [0.05, 0.1) is 29.6 Å². The maximum Gasteiger partial charge on any atom is 0.295 e. The first-order chi connectivity index (χ1) is 14.1. The van der Waals surface area contributed by atoms with E-state index in [0.717, 1.165) is 35.5 Å². The zero-order valence-electron chi connectivity index (χ0n) is 15.7. The minimum atomic E-state index is -0.456. The monoisotopic (exact) mass is 390 g/mol. The average Bonchev–Trinajstić information content (AvgIpc) is 3.39. The van der Waals surface area contributed by atoms with Gasteiger partial charge in [-0.15, -0.1) is 0 Å². The van der Waals surface area contributed by atoms with E-state index in [1.165, 1.54) is 18.5 Å². The fourth-order valence-electron chi connectivity index (χ4n) is 3.70. The van der Waals surface area contributed by atoms with E-state index in [4.69, 9.17) is 9.47 Å². The van der Waals surface area contributed by atoms with E-state index in [-0.39, 0.29) is 11.1 Å². The van der Waals surface area contributed by atoms with Crippen LogP contribution in [0.25, 0.3) is 0 Å². The molecule has 5 rings (SSSR count). The number of anilines is 2. The predicted molar refractivity (Wildman–Crippen MR) is 106 cm³/mol. The van der Waals surface area contributed by atoms with Crippen LogP contribution in [0.15, 0.2) is 48.9 Å². The minimum Gasteiger partial charge on any atom is -0.492 e. The normalized spacial score (nSPS) is 15.5. The van der Waals surface area contributed by atoms with Crippen LogP contribution in [-0.4, -0.2) is 21.5 Å². The van der Waals surface area contributed by atoms with E-state index in [9.17, 15) is 10.1 Å². The Balaban J connectivity index is 1.38. The predicted octanol–water partition coefficient (Wildman–Crippen LogP) is 4.65. The second kappa shape index (κ2) is 6.44. The lowest BCUT2D eigenvalue weighted by Crippen LogP contribution is -2.08. The highest BCUT2D eigenvalue weighted by Crippen LogP contribution is 2.59. The number of benzene rings is 1. The van der Waals surface area contributed by atoms with E-state index in [2.05, 4.69) is 15.3 Å². The first-order valence-corrected chi connectivity index (χ1v) is 9.32. The molecule has 3 heterocycles. The summed E-state index contributed by atoms with van der Waals surface area (Å²) in [6.45, 7) is 2.75. The van der Waals surface area contributed by atoms with Gasteiger partial charge in [-0.3, -0.25) is 15.1 Å². The van der Waals surface area contributed by atoms with Gasteiger partial charge in [0.15, 0.2) is 0 Å². The van der Waals surface area contributed by atoms with Crippen molar-refractivity contribution < 1.29 is 14.4 Å². The standard InChI is InChI=1S/C21H18N4O4/c1-13-2-4-17(19-20(13)28-12-21(19)7-8-21)29-18-5-3-14(10-23-18)24-15-11-22-9-6-16(15)25(26)27/h2-6,9-11,24H,7-8,12H2,1H3. The first-order valence-electron chi connectivity index (χ1n) is 9.32. The van der Waals surface area contributed by atoms with Crippen LogP contribution in [0.4, 0.5) is 17.1 Å². The topological polar surface area (TPSA) is 99.4 Å². The Kier molecular flexibility index (Phi) is 3.87. The highest BCUT2D eigenvalue weighted by molar-refractivity contribution is 5.68. The van der Waals surface area contributed by atoms with E-state index in [1.807, 2.05) is 19.1 Å². The molecule has 0 amide bonds. The Bertz CT molecular complexity index is 1110. The molecular weight excluding hydrogens is 372 g/mol. The molecule has 1 aliphatic carbocycles. The number of aryl methyl sites for hydroxylation is 1. The molecule has 1 aromatic carbocycles. The fourth-order valence-corrected chi connectivity index (χ4v) is 3.70. The maximum absolute atomic E-state index is 11.1. The van der Waals surface area contributed by atoms with Gasteiger partial charge in [0.25, 0.3) is 5.69 Å². The van der Waals surface area contributed by atoms with Crippen LogP contribution in [0.1, 0.15) is 24.0 Å². The van der Waals surface area contributed by atoms with Crippen molar-refractivity contribution in [1.29, 1.82) is 0 Å². The van der Waals surface area contributed by atoms with Crippen molar-refractivity contribution in [3.8, 4) is 17.4 Å². The van der Waals surface area contributed by atoms with Gasteiger partial charge in [0.1, 0.15) is 17.2 Å². The number of fused-ring (bicyclic) bond motifs is 2. The lowest BCUT2D eigenvalue weighted by atomic mass is 9.95. The number of rotatable bonds is 5. The maximum atomic E-state index is 11.1. The van der Waals surface area contributed by atoms with Gasteiger partial charge >= 0.3 is 0 Å². The number of ether oxygens (including phenoxy) is 2. The summed E-state index contributed by atoms with van der Waals surface area (Å²) in [5, 5.41) is 14.1. The highest BCUT2D eigenvalue weighted by Gasteiger charge is 2.53. The van der Waals surface area contributed by atoms with Gasteiger partial charge in [0, 0.05) is 29.3 Å². The Labute approximate surface area is 166 Å². The zero-order valence-corrected chi connectivity index (χ0v) is 15.7. The highest BCUT2D eigenvalue weighted by atomic mass is 16.6. The molecule has 0 atom stereocenters. The molecular formula is C21H18N4O4. The van der Waals surface area contributed by atoms with E-state index >= 15 is 0 Å². The van der Waals surface area contributed by atoms with Gasteiger partial charge in [-0.1, -0.05) is 6.07 Å². The number of nitrogens with one attached hydrogen (secondary N) is 1. The third-order valence-electron chi connectivity index (χ3n) is 5.42. The largest absolute Gasteiger partial charge is 0.492 e. The number of nitrogens with zero attached hydrogens (tertiary/aromatic N) is 3. The molecule has 8 heteroatoms. The average molecular weight is 390 g/mol. The molecule has 2 aromatic heterocycles. The third-order valence-corrected chi connectivity index (χ3v) is 5.42. The van der Waals surface area contributed by atoms with Gasteiger partial charge in [-0.25, -0.2) is 4.98 Å². The van der Waals surface area contributed by atoms with Crippen LogP contribution >= 0.6 is 0 Å². The van der Waals surface area contributed by atoms with Gasteiger partial charge < -0.3 is 14.8 Å². The number of pyridine rings is 2. The molecule has 1 N–H and O–H groups in total. The summed E-state index contributed by atoms with van der Waals surface area (Å²) in [4.78, 5) is 19.0. The van der Waals surface area contributed by atoms with E-state index < -0.39 is 4.92 Å². The van der Waals surface area contributed by atoms with Crippen LogP contribution in [-0.2, 0) is 5.41 Å². The Hall–Kier alpha value is -3.68. The molecule has 0 saturated heterocycles. The Morgan fingerprint density at radius 1 is 1.21 bits per heavy atom. The molecule has 0 bridgehead atoms. The zero-order chi connectivity index (χ0) is 20.0. The smallest absolute Gasteiger partial charge is 0.295 e. The number of hydrogen-bond donors (Lipinski definition) is 1. The van der Waals surface area contributed by atoms with Crippen molar-refractivity contribution >= 4 is 17.1 Å². The first kappa shape index (κ1) is 17.4. The second-order valence-corrected chi connectivity index (χ2v) is 7.42. The summed E-state index contributed by atoms with van der Waals surface area (Å²) >= 11 is 0. The molecule has 0 radical (unpaired) electrons. The second-order valence-electron chi connectivity index (χ2n) is 7.42. The molecule has 8 nitrogen and oxygen atoms in total. The summed E-state index contributed by atoms with van der Waals surface area (Å²) in [5.74, 6) is 2.16. The van der Waals surface area contributed by atoms with Crippen molar-refractivity contribution in [3.63, 3.8) is 0 Å². The van der Waals surface area contributed by atoms with Gasteiger partial charge in [0.2, 0.25) is 5.88 Å². The van der Waals surface area contributed by atoms with Crippen LogP contribution in [0.5, 0.6) is 17.4 Å². The summed E-state index contributed by atoms with van der Waals surface area (Å²) in [7, 11) is 0. The molecule has 1 aliphatic heterocycles. The molecule has 1 saturated carbocycles. The molecule has 0 unspecified atom stereocenters. The summed E-state index contributed by atoms with van der Waals surface area (Å²) in [5.41, 5.74) is 3.21. The molecule has 29 heavy (non-hydrogen) atoms. The lowest BCUT2D eigenvalue weighted by molar-refractivity contribution is -0.384. The molecule has 2 aliphatic rings. The molecule has 3 aromatic rings. The molecule has 146 valence electrons. The fraction of sp³-hybridized carbons (Fsp3) is 0.238. The van der Waals surface area contributed by atoms with E-state index in [1.54, 1.807) is 18.3 Å². The van der Waals surface area contributed by atoms with Gasteiger partial charge in [-0.2, -0.15) is 0 Å². The van der Waals surface area contributed by atoms with E-state index in [0.29, 0.717) is 23.9 Å². The lowest BCUT2D eigenvalue weighted by Gasteiger charge is -2.14. The quantitative estimate of drug-likeness (QED) is 0.500. The minimum absolute atomic E-state index is 0.0507. The summed E-state index contributed by atoms with van der Waals surface area (Å²) in [6.07, 6.45) is 6.59. The van der Waals surface area contributed by atoms with Crippen molar-refractivity contribution in [2.75, 3.05) is 11.9 Å². The van der Waals surface area contributed by atoms with Crippen LogP contribution in [0.3, 0.4) is 0 Å². The van der Waals surface area contributed by atoms with Crippen LogP contribution in [0.2, 0.25) is 0 Å². The molecule has 1 spiro atoms. The van der Waals surface area contributed by atoms with Crippen molar-refractivity contribution in [2.24, 2.45) is 0 Å². The van der Waals surface area contributed by atoms with Crippen molar-refractivity contribution in [1.82, 2.24) is 9.97 Å². The third kappa shape index (κ3) is 3.02. The van der Waals surface area contributed by atoms with Crippen LogP contribution in [0, 0.1) is 17.0 Å². The Morgan fingerprint density at radius 2 is 2.07 bits per heavy atom. The number of aromatic nitrogens is 2. The molecule has 1 fully saturated rings. The van der Waals surface area contributed by atoms with Gasteiger partial charge in [-0.05, 0) is 37.5 Å². The summed E-state index contributed by atoms with van der Waals surface area (Å²) < 4.78 is 12.0. The SMILES string of the molecule is Cc1ccc(Oc2ccc(Nc3cnccc3[N+](=O)[O-])cn2)c2c1OCC21CC1.